The predicted octanol–water partition coefficient (Wildman–Crippen LogP) is 6.79. The highest BCUT2D eigenvalue weighted by Crippen LogP contribution is 2.57. The molecule has 0 radical (unpaired) electrons. The van der Waals surface area contributed by atoms with Crippen molar-refractivity contribution < 1.29 is 22.6 Å². The van der Waals surface area contributed by atoms with Gasteiger partial charge in [-0.3, -0.25) is 10.00 Å². The van der Waals surface area contributed by atoms with Gasteiger partial charge in [0.15, 0.2) is 5.82 Å². The third-order valence-electron chi connectivity index (χ3n) is 10.6. The zero-order chi connectivity index (χ0) is 34.5. The maximum absolute atomic E-state index is 17.4. The molecule has 5 aromatic rings. The van der Waals surface area contributed by atoms with Crippen molar-refractivity contribution in [1.82, 2.24) is 35.0 Å². The molecule has 0 spiro atoms. The Hall–Kier alpha value is -4.43. The minimum absolute atomic E-state index is 0.0299. The zero-order valence-electron chi connectivity index (χ0n) is 27.5. The molecule has 0 bridgehead atoms. The van der Waals surface area contributed by atoms with Crippen LogP contribution in [0.25, 0.3) is 33.1 Å². The van der Waals surface area contributed by atoms with E-state index in [4.69, 9.17) is 36.8 Å². The molecule has 2 aliphatic heterocycles. The van der Waals surface area contributed by atoms with Crippen molar-refractivity contribution in [3.8, 4) is 23.1 Å². The predicted molar refractivity (Wildman–Crippen MR) is 182 cm³/mol. The van der Waals surface area contributed by atoms with E-state index in [0.29, 0.717) is 29.1 Å². The summed E-state index contributed by atoms with van der Waals surface area (Å²) in [6, 6.07) is 2.69. The number of nitrogens with two attached hydrogens (primary N) is 1. The van der Waals surface area contributed by atoms with Crippen LogP contribution in [0.3, 0.4) is 0 Å². The van der Waals surface area contributed by atoms with Crippen LogP contribution in [-0.2, 0) is 5.67 Å². The molecular formula is C35H35ClF3N9O2. The number of alkyl halides is 1. The lowest BCUT2D eigenvalue weighted by atomic mass is 9.94. The largest absolute Gasteiger partial charge is 0.475 e. The second kappa shape index (κ2) is 11.6. The van der Waals surface area contributed by atoms with Gasteiger partial charge in [0.05, 0.1) is 30.0 Å². The van der Waals surface area contributed by atoms with Crippen LogP contribution in [0, 0.1) is 11.6 Å². The second-order valence-electron chi connectivity index (χ2n) is 14.0. The number of aromatic nitrogens is 6. The molecule has 15 heteroatoms. The number of H-pyrrole nitrogens is 1. The highest BCUT2D eigenvalue weighted by atomic mass is 35.5. The number of halogens is 4. The van der Waals surface area contributed by atoms with Gasteiger partial charge in [0.25, 0.3) is 0 Å². The van der Waals surface area contributed by atoms with Gasteiger partial charge in [-0.25, -0.2) is 23.1 Å². The number of rotatable bonds is 8. The van der Waals surface area contributed by atoms with E-state index < -0.39 is 23.3 Å². The number of anilines is 2. The summed E-state index contributed by atoms with van der Waals surface area (Å²) < 4.78 is 60.5. The quantitative estimate of drug-likeness (QED) is 0.178. The lowest BCUT2D eigenvalue weighted by molar-refractivity contribution is 0.159. The number of nitrogens with one attached hydrogen (secondary N) is 1. The average molecular weight is 706 g/mol. The van der Waals surface area contributed by atoms with Crippen LogP contribution in [0.4, 0.5) is 24.8 Å². The third-order valence-corrected chi connectivity index (χ3v) is 10.9. The molecule has 3 N–H and O–H groups in total. The molecule has 50 heavy (non-hydrogen) atoms. The Kier molecular flexibility index (Phi) is 7.29. The molecule has 2 saturated carbocycles. The summed E-state index contributed by atoms with van der Waals surface area (Å²) >= 11 is 6.70. The molecule has 260 valence electrons. The number of ether oxygens (including phenoxy) is 2. The molecule has 0 amide bonds. The van der Waals surface area contributed by atoms with Crippen LogP contribution in [0.2, 0.25) is 5.02 Å². The van der Waals surface area contributed by atoms with Crippen LogP contribution in [0.15, 0.2) is 24.5 Å². The normalized spacial score (nSPS) is 22.2. The summed E-state index contributed by atoms with van der Waals surface area (Å²) in [6.07, 6.45) is 7.46. The van der Waals surface area contributed by atoms with Gasteiger partial charge in [-0.2, -0.15) is 15.1 Å². The summed E-state index contributed by atoms with van der Waals surface area (Å²) in [5, 5.41) is 7.81. The Morgan fingerprint density at radius 1 is 1.16 bits per heavy atom. The first-order chi connectivity index (χ1) is 24.1. The van der Waals surface area contributed by atoms with Gasteiger partial charge in [0.1, 0.15) is 52.9 Å². The lowest BCUT2D eigenvalue weighted by Gasteiger charge is -2.35. The molecule has 2 unspecified atom stereocenters. The van der Waals surface area contributed by atoms with Crippen LogP contribution >= 0.6 is 11.6 Å². The van der Waals surface area contributed by atoms with Crippen molar-refractivity contribution in [2.24, 2.45) is 0 Å². The van der Waals surface area contributed by atoms with E-state index in [0.717, 1.165) is 25.6 Å². The Morgan fingerprint density at radius 3 is 2.76 bits per heavy atom. The van der Waals surface area contributed by atoms with E-state index in [-0.39, 0.29) is 87.8 Å². The van der Waals surface area contributed by atoms with E-state index in [1.54, 1.807) is 6.07 Å². The molecule has 3 fully saturated rings. The number of nitrogen functional groups attached to an aromatic ring is 1. The summed E-state index contributed by atoms with van der Waals surface area (Å²) in [6.45, 7) is 5.19. The van der Waals surface area contributed by atoms with Gasteiger partial charge in [-0.05, 0) is 71.0 Å². The van der Waals surface area contributed by atoms with Crippen molar-refractivity contribution in [3.05, 3.63) is 52.3 Å². The number of hydrogen-bond donors (Lipinski definition) is 2. The molecule has 4 aliphatic rings. The fourth-order valence-electron chi connectivity index (χ4n) is 7.83. The van der Waals surface area contributed by atoms with Crippen LogP contribution in [-0.4, -0.2) is 72.9 Å². The van der Waals surface area contributed by atoms with Gasteiger partial charge in [0.2, 0.25) is 5.88 Å². The number of hydrogen-bond acceptors (Lipinski definition) is 10. The maximum Gasteiger partial charge on any atom is 0.319 e. The smallest absolute Gasteiger partial charge is 0.319 e. The molecule has 1 aromatic carbocycles. The van der Waals surface area contributed by atoms with E-state index >= 15 is 8.78 Å². The number of nitrogens with zero attached hydrogens (tertiary/aromatic N) is 7. The molecule has 11 nitrogen and oxygen atoms in total. The Labute approximate surface area is 290 Å². The van der Waals surface area contributed by atoms with Gasteiger partial charge >= 0.3 is 6.01 Å². The third kappa shape index (κ3) is 5.09. The maximum atomic E-state index is 17.4. The first kappa shape index (κ1) is 31.5. The Balaban J connectivity index is 1.25. The standard InChI is InChI=1S/C35H35ClF3N9O2/c1-16-14-49-33-26-30(28(38)29(43-33)25-22-13-42-46-24(22)11-23(36)27(25)35(39)7-8-35)44-34(50-15-20-4-3-9-47(20)19-5-6-19)45-32(26)48(16)17(2)21-10-18(37)12-41-31(21)40/h10-13,16-17,19-20H,3-9,14-15H2,1-2H3,(H2,40,41)(H,42,46)/t16-,17?,20?/m0/s1. The van der Waals surface area contributed by atoms with Crippen molar-refractivity contribution in [2.45, 2.75) is 82.2 Å². The molecule has 4 aromatic heterocycles. The van der Waals surface area contributed by atoms with Crippen molar-refractivity contribution >= 4 is 45.0 Å². The number of fused-ring (bicyclic) bond motifs is 1. The molecule has 1 saturated heterocycles. The fourth-order valence-corrected chi connectivity index (χ4v) is 8.20. The van der Waals surface area contributed by atoms with Crippen molar-refractivity contribution in [2.75, 3.05) is 30.4 Å². The number of aromatic amines is 1. The summed E-state index contributed by atoms with van der Waals surface area (Å²) in [4.78, 5) is 22.6. The Bertz CT molecular complexity index is 2180. The van der Waals surface area contributed by atoms with Crippen molar-refractivity contribution in [3.63, 3.8) is 0 Å². The molecule has 2 aliphatic carbocycles. The van der Waals surface area contributed by atoms with E-state index in [1.165, 1.54) is 25.1 Å². The van der Waals surface area contributed by atoms with Gasteiger partial charge in [0, 0.05) is 39.2 Å². The SMILES string of the molecule is CC(c1cc(F)cnc1N)N1c2nc(OCC3CCCN3C3CC3)nc3c(F)c(-c4c(C5(F)CC5)c(Cl)cc5[nH]ncc45)nc(c23)OC[C@@H]1C. The van der Waals surface area contributed by atoms with Crippen molar-refractivity contribution in [1.29, 1.82) is 0 Å². The summed E-state index contributed by atoms with van der Waals surface area (Å²) in [5.74, 6) is -0.862. The van der Waals surface area contributed by atoms with E-state index in [2.05, 4.69) is 25.1 Å². The van der Waals surface area contributed by atoms with Crippen LogP contribution in [0.5, 0.6) is 11.9 Å². The van der Waals surface area contributed by atoms with E-state index in [1.807, 2.05) is 18.7 Å². The number of likely N-dealkylation sites (tertiary alicyclic amines) is 1. The highest BCUT2D eigenvalue weighted by molar-refractivity contribution is 6.33. The molecule has 6 heterocycles. The zero-order valence-corrected chi connectivity index (χ0v) is 28.3. The second-order valence-corrected chi connectivity index (χ2v) is 14.4. The topological polar surface area (TPSA) is 131 Å². The lowest BCUT2D eigenvalue weighted by Crippen LogP contribution is -2.39. The molecule has 9 rings (SSSR count). The number of pyridine rings is 2. The van der Waals surface area contributed by atoms with Gasteiger partial charge in [-0.15, -0.1) is 0 Å². The van der Waals surface area contributed by atoms with Crippen LogP contribution < -0.4 is 20.1 Å². The first-order valence-electron chi connectivity index (χ1n) is 17.1. The first-order valence-corrected chi connectivity index (χ1v) is 17.5. The fraction of sp³-hybridized carbons (Fsp3) is 0.457. The highest BCUT2D eigenvalue weighted by Gasteiger charge is 2.49. The minimum atomic E-state index is -1.74. The summed E-state index contributed by atoms with van der Waals surface area (Å²) in [5.41, 5.74) is 5.51. The monoisotopic (exact) mass is 705 g/mol. The summed E-state index contributed by atoms with van der Waals surface area (Å²) in [7, 11) is 0. The van der Waals surface area contributed by atoms with Crippen LogP contribution in [0.1, 0.15) is 69.5 Å². The average Bonchev–Trinajstić information content (AvgIpc) is 3.99. The van der Waals surface area contributed by atoms with E-state index in [9.17, 15) is 4.39 Å². The number of benzene rings is 1. The Morgan fingerprint density at radius 2 is 1.98 bits per heavy atom. The minimum Gasteiger partial charge on any atom is -0.475 e. The van der Waals surface area contributed by atoms with Gasteiger partial charge in [-0.1, -0.05) is 11.6 Å². The van der Waals surface area contributed by atoms with Gasteiger partial charge < -0.3 is 20.1 Å². The molecular weight excluding hydrogens is 671 g/mol. The molecule has 3 atom stereocenters.